The molecule has 0 spiro atoms. The van der Waals surface area contributed by atoms with E-state index in [9.17, 15) is 0 Å². The Morgan fingerprint density at radius 3 is 2.41 bits per heavy atom. The van der Waals surface area contributed by atoms with Gasteiger partial charge in [0, 0.05) is 11.8 Å². The number of hydrogen-bond acceptors (Lipinski definition) is 2. The number of nitrogen functional groups attached to an aromatic ring is 1. The Bertz CT molecular complexity index is 511. The van der Waals surface area contributed by atoms with Crippen molar-refractivity contribution in [1.29, 1.82) is 0 Å². The number of anilines is 1. The number of rotatable bonds is 2. The number of hydrogen-bond donors (Lipinski definition) is 1. The standard InChI is InChI=1S/C14H15NO.ClH/c1-10-6-7-14(11(2)8-10)16-13-5-3-4-12(15)9-13;/h3-9H,15H2,1-2H3;1H. The third-order valence-corrected chi connectivity index (χ3v) is 2.42. The van der Waals surface area contributed by atoms with Crippen LogP contribution >= 0.6 is 12.4 Å². The molecule has 2 aromatic carbocycles. The van der Waals surface area contributed by atoms with E-state index in [0.29, 0.717) is 5.69 Å². The van der Waals surface area contributed by atoms with Crippen molar-refractivity contribution in [1.82, 2.24) is 0 Å². The first-order chi connectivity index (χ1) is 7.65. The van der Waals surface area contributed by atoms with Crippen LogP contribution in [0.5, 0.6) is 11.5 Å². The van der Waals surface area contributed by atoms with Gasteiger partial charge in [0.05, 0.1) is 0 Å². The van der Waals surface area contributed by atoms with Crippen LogP contribution < -0.4 is 10.5 Å². The fraction of sp³-hybridized carbons (Fsp3) is 0.143. The Hall–Kier alpha value is -1.67. The fourth-order valence-corrected chi connectivity index (χ4v) is 1.62. The van der Waals surface area contributed by atoms with Gasteiger partial charge in [0.25, 0.3) is 0 Å². The zero-order valence-corrected chi connectivity index (χ0v) is 10.8. The van der Waals surface area contributed by atoms with Crippen molar-refractivity contribution < 1.29 is 4.74 Å². The van der Waals surface area contributed by atoms with E-state index in [1.54, 1.807) is 0 Å². The van der Waals surface area contributed by atoms with Crippen molar-refractivity contribution in [3.63, 3.8) is 0 Å². The lowest BCUT2D eigenvalue weighted by atomic mass is 10.1. The van der Waals surface area contributed by atoms with Gasteiger partial charge in [-0.3, -0.25) is 0 Å². The van der Waals surface area contributed by atoms with E-state index in [1.807, 2.05) is 43.3 Å². The van der Waals surface area contributed by atoms with Crippen LogP contribution in [0.2, 0.25) is 0 Å². The van der Waals surface area contributed by atoms with Crippen LogP contribution in [-0.4, -0.2) is 0 Å². The molecule has 2 rings (SSSR count). The third kappa shape index (κ3) is 3.40. The maximum Gasteiger partial charge on any atom is 0.130 e. The molecule has 0 heterocycles. The third-order valence-electron chi connectivity index (χ3n) is 2.42. The molecule has 0 aliphatic carbocycles. The molecule has 0 atom stereocenters. The highest BCUT2D eigenvalue weighted by atomic mass is 35.5. The Balaban J connectivity index is 0.00000144. The van der Waals surface area contributed by atoms with Crippen molar-refractivity contribution in [2.45, 2.75) is 13.8 Å². The first kappa shape index (κ1) is 13.4. The summed E-state index contributed by atoms with van der Waals surface area (Å²) in [4.78, 5) is 0. The fourth-order valence-electron chi connectivity index (χ4n) is 1.62. The molecule has 2 aromatic rings. The second kappa shape index (κ2) is 5.60. The second-order valence-corrected chi connectivity index (χ2v) is 3.94. The highest BCUT2D eigenvalue weighted by molar-refractivity contribution is 5.85. The van der Waals surface area contributed by atoms with Gasteiger partial charge < -0.3 is 10.5 Å². The normalized spacial score (nSPS) is 9.53. The van der Waals surface area contributed by atoms with Gasteiger partial charge in [0.1, 0.15) is 11.5 Å². The summed E-state index contributed by atoms with van der Waals surface area (Å²) in [5.74, 6) is 1.64. The zero-order valence-electron chi connectivity index (χ0n) is 9.94. The molecule has 2 N–H and O–H groups in total. The molecular formula is C14H16ClNO. The molecule has 3 heteroatoms. The molecule has 0 radical (unpaired) electrons. The maximum absolute atomic E-state index is 5.76. The second-order valence-electron chi connectivity index (χ2n) is 3.94. The number of ether oxygens (including phenoxy) is 1. The summed E-state index contributed by atoms with van der Waals surface area (Å²) in [5.41, 5.74) is 8.77. The van der Waals surface area contributed by atoms with Crippen LogP contribution in [0.25, 0.3) is 0 Å². The molecule has 0 unspecified atom stereocenters. The monoisotopic (exact) mass is 249 g/mol. The minimum atomic E-state index is 0. The highest BCUT2D eigenvalue weighted by Gasteiger charge is 2.01. The van der Waals surface area contributed by atoms with Crippen molar-refractivity contribution >= 4 is 18.1 Å². The molecule has 17 heavy (non-hydrogen) atoms. The minimum absolute atomic E-state index is 0. The van der Waals surface area contributed by atoms with E-state index in [-0.39, 0.29) is 12.4 Å². The summed E-state index contributed by atoms with van der Waals surface area (Å²) < 4.78 is 5.76. The quantitative estimate of drug-likeness (QED) is 0.814. The minimum Gasteiger partial charge on any atom is -0.457 e. The Morgan fingerprint density at radius 2 is 1.76 bits per heavy atom. The molecule has 90 valence electrons. The number of nitrogens with two attached hydrogens (primary N) is 1. The lowest BCUT2D eigenvalue weighted by molar-refractivity contribution is 0.479. The smallest absolute Gasteiger partial charge is 0.130 e. The average Bonchev–Trinajstić information content (AvgIpc) is 2.22. The van der Waals surface area contributed by atoms with Crippen molar-refractivity contribution in [3.05, 3.63) is 53.6 Å². The number of benzene rings is 2. The van der Waals surface area contributed by atoms with Crippen LogP contribution in [-0.2, 0) is 0 Å². The Labute approximate surface area is 108 Å². The molecule has 0 aliphatic heterocycles. The summed E-state index contributed by atoms with van der Waals surface area (Å²) >= 11 is 0. The van der Waals surface area contributed by atoms with Gasteiger partial charge in [-0.25, -0.2) is 0 Å². The van der Waals surface area contributed by atoms with Crippen LogP contribution in [0.4, 0.5) is 5.69 Å². The van der Waals surface area contributed by atoms with Gasteiger partial charge in [0.15, 0.2) is 0 Å². The lowest BCUT2D eigenvalue weighted by Crippen LogP contribution is -1.90. The van der Waals surface area contributed by atoms with Crippen LogP contribution in [0.1, 0.15) is 11.1 Å². The van der Waals surface area contributed by atoms with E-state index in [0.717, 1.165) is 17.1 Å². The van der Waals surface area contributed by atoms with Gasteiger partial charge in [0.2, 0.25) is 0 Å². The summed E-state index contributed by atoms with van der Waals surface area (Å²) in [6.07, 6.45) is 0. The van der Waals surface area contributed by atoms with Gasteiger partial charge in [-0.15, -0.1) is 12.4 Å². The predicted molar refractivity (Wildman–Crippen MR) is 74.1 cm³/mol. The van der Waals surface area contributed by atoms with Gasteiger partial charge in [-0.1, -0.05) is 23.8 Å². The van der Waals surface area contributed by atoms with E-state index >= 15 is 0 Å². The molecule has 0 saturated carbocycles. The van der Waals surface area contributed by atoms with E-state index in [1.165, 1.54) is 5.56 Å². The molecule has 0 amide bonds. The summed E-state index contributed by atoms with van der Waals surface area (Å²) in [5, 5.41) is 0. The SMILES string of the molecule is Cc1ccc(Oc2cccc(N)c2)c(C)c1.Cl. The average molecular weight is 250 g/mol. The topological polar surface area (TPSA) is 35.2 Å². The van der Waals surface area contributed by atoms with E-state index in [2.05, 4.69) is 13.0 Å². The van der Waals surface area contributed by atoms with Crippen molar-refractivity contribution in [2.75, 3.05) is 5.73 Å². The summed E-state index contributed by atoms with van der Waals surface area (Å²) in [6, 6.07) is 13.6. The maximum atomic E-state index is 5.76. The predicted octanol–water partition coefficient (Wildman–Crippen LogP) is 4.10. The van der Waals surface area contributed by atoms with Gasteiger partial charge in [-0.2, -0.15) is 0 Å². The van der Waals surface area contributed by atoms with Gasteiger partial charge >= 0.3 is 0 Å². The van der Waals surface area contributed by atoms with Crippen LogP contribution in [0.15, 0.2) is 42.5 Å². The molecular weight excluding hydrogens is 234 g/mol. The molecule has 2 nitrogen and oxygen atoms in total. The molecule has 0 aromatic heterocycles. The molecule has 0 bridgehead atoms. The summed E-state index contributed by atoms with van der Waals surface area (Å²) in [7, 11) is 0. The van der Waals surface area contributed by atoms with Crippen LogP contribution in [0.3, 0.4) is 0 Å². The molecule has 0 aliphatic rings. The Morgan fingerprint density at radius 1 is 1.00 bits per heavy atom. The van der Waals surface area contributed by atoms with Gasteiger partial charge in [-0.05, 0) is 37.6 Å². The van der Waals surface area contributed by atoms with E-state index in [4.69, 9.17) is 10.5 Å². The zero-order chi connectivity index (χ0) is 11.5. The van der Waals surface area contributed by atoms with Crippen molar-refractivity contribution in [3.8, 4) is 11.5 Å². The largest absolute Gasteiger partial charge is 0.457 e. The molecule has 0 fully saturated rings. The first-order valence-corrected chi connectivity index (χ1v) is 5.26. The number of aryl methyl sites for hydroxylation is 2. The number of halogens is 1. The van der Waals surface area contributed by atoms with E-state index < -0.39 is 0 Å². The van der Waals surface area contributed by atoms with Crippen molar-refractivity contribution in [2.24, 2.45) is 0 Å². The summed E-state index contributed by atoms with van der Waals surface area (Å²) in [6.45, 7) is 4.10. The lowest BCUT2D eigenvalue weighted by Gasteiger charge is -2.09. The Kier molecular flexibility index (Phi) is 4.41. The highest BCUT2D eigenvalue weighted by Crippen LogP contribution is 2.26. The van der Waals surface area contributed by atoms with Crippen LogP contribution in [0, 0.1) is 13.8 Å². The molecule has 0 saturated heterocycles. The first-order valence-electron chi connectivity index (χ1n) is 5.26.